The van der Waals surface area contributed by atoms with Gasteiger partial charge in [0.15, 0.2) is 5.78 Å². The van der Waals surface area contributed by atoms with Crippen LogP contribution in [0.5, 0.6) is 0 Å². The van der Waals surface area contributed by atoms with Crippen molar-refractivity contribution in [1.82, 2.24) is 20.2 Å². The number of thioether (sulfide) groups is 1. The first-order valence-corrected chi connectivity index (χ1v) is 7.89. The lowest BCUT2D eigenvalue weighted by molar-refractivity contribution is 0.101. The van der Waals surface area contributed by atoms with Crippen molar-refractivity contribution in [2.75, 3.05) is 5.75 Å². The molecule has 116 valence electrons. The van der Waals surface area contributed by atoms with Crippen molar-refractivity contribution in [3.63, 3.8) is 0 Å². The molecule has 0 aliphatic heterocycles. The maximum atomic E-state index is 13.6. The van der Waals surface area contributed by atoms with Gasteiger partial charge in [-0.3, -0.25) is 4.79 Å². The number of Topliss-reactive ketones (excluding diaryl/α,β-unsaturated/α-hetero) is 1. The zero-order valence-electron chi connectivity index (χ0n) is 12.3. The molecule has 0 saturated carbocycles. The van der Waals surface area contributed by atoms with Gasteiger partial charge in [-0.2, -0.15) is 4.68 Å². The molecule has 5 nitrogen and oxygen atoms in total. The van der Waals surface area contributed by atoms with E-state index >= 15 is 0 Å². The van der Waals surface area contributed by atoms with Crippen LogP contribution in [0.4, 0.5) is 4.39 Å². The number of tetrazole rings is 1. The third kappa shape index (κ3) is 3.45. The molecular weight excluding hydrogens is 315 g/mol. The number of rotatable bonds is 5. The summed E-state index contributed by atoms with van der Waals surface area (Å²) in [5.41, 5.74) is 1.97. The normalized spacial score (nSPS) is 10.7. The molecule has 0 aliphatic rings. The predicted octanol–water partition coefficient (Wildman–Crippen LogP) is 3.08. The average Bonchev–Trinajstić information content (AvgIpc) is 3.01. The third-order valence-electron chi connectivity index (χ3n) is 3.19. The van der Waals surface area contributed by atoms with Gasteiger partial charge in [0.05, 0.1) is 17.0 Å². The number of hydrogen-bond donors (Lipinski definition) is 0. The molecule has 3 rings (SSSR count). The second-order valence-corrected chi connectivity index (χ2v) is 5.85. The van der Waals surface area contributed by atoms with Gasteiger partial charge in [0.1, 0.15) is 5.82 Å². The fourth-order valence-electron chi connectivity index (χ4n) is 2.09. The quantitative estimate of drug-likeness (QED) is 0.532. The van der Waals surface area contributed by atoms with Crippen LogP contribution >= 0.6 is 11.8 Å². The van der Waals surface area contributed by atoms with Crippen LogP contribution in [0.2, 0.25) is 0 Å². The van der Waals surface area contributed by atoms with Gasteiger partial charge in [-0.15, -0.1) is 5.10 Å². The Bertz CT molecular complexity index is 849. The van der Waals surface area contributed by atoms with Crippen LogP contribution in [0.15, 0.2) is 53.7 Å². The van der Waals surface area contributed by atoms with Crippen molar-refractivity contribution in [3.05, 3.63) is 65.5 Å². The summed E-state index contributed by atoms with van der Waals surface area (Å²) < 4.78 is 15.2. The standard InChI is InChI=1S/C16H13FN4OS/c1-11-5-4-6-12(9-11)21-16(18-19-20-21)23-10-15(22)13-7-2-3-8-14(13)17/h2-9H,10H2,1H3. The van der Waals surface area contributed by atoms with Gasteiger partial charge in [-0.25, -0.2) is 4.39 Å². The summed E-state index contributed by atoms with van der Waals surface area (Å²) in [5, 5.41) is 12.0. The number of carbonyl (C=O) groups excluding carboxylic acids is 1. The van der Waals surface area contributed by atoms with Crippen LogP contribution < -0.4 is 0 Å². The summed E-state index contributed by atoms with van der Waals surface area (Å²) in [6.45, 7) is 1.97. The van der Waals surface area contributed by atoms with Crippen LogP contribution in [0.1, 0.15) is 15.9 Å². The van der Waals surface area contributed by atoms with E-state index in [0.717, 1.165) is 11.3 Å². The van der Waals surface area contributed by atoms with Gasteiger partial charge in [0.25, 0.3) is 0 Å². The number of nitrogens with zero attached hydrogens (tertiary/aromatic N) is 4. The lowest BCUT2D eigenvalue weighted by Gasteiger charge is -2.05. The molecule has 0 amide bonds. The number of halogens is 1. The molecule has 3 aromatic rings. The van der Waals surface area contributed by atoms with E-state index < -0.39 is 5.82 Å². The molecule has 0 fully saturated rings. The highest BCUT2D eigenvalue weighted by atomic mass is 32.2. The predicted molar refractivity (Wildman–Crippen MR) is 85.3 cm³/mol. The average molecular weight is 328 g/mol. The molecule has 2 aromatic carbocycles. The Morgan fingerprint density at radius 2 is 2.04 bits per heavy atom. The molecule has 23 heavy (non-hydrogen) atoms. The minimum Gasteiger partial charge on any atom is -0.293 e. The highest BCUT2D eigenvalue weighted by Gasteiger charge is 2.15. The smallest absolute Gasteiger partial charge is 0.214 e. The summed E-state index contributed by atoms with van der Waals surface area (Å²) in [4.78, 5) is 12.1. The first-order chi connectivity index (χ1) is 11.1. The largest absolute Gasteiger partial charge is 0.293 e. The molecule has 7 heteroatoms. The summed E-state index contributed by atoms with van der Waals surface area (Å²) in [6.07, 6.45) is 0. The van der Waals surface area contributed by atoms with Crippen molar-refractivity contribution < 1.29 is 9.18 Å². The number of ketones is 1. The van der Waals surface area contributed by atoms with Crippen molar-refractivity contribution in [3.8, 4) is 5.69 Å². The van der Waals surface area contributed by atoms with Crippen LogP contribution in [-0.2, 0) is 0 Å². The Morgan fingerprint density at radius 1 is 1.22 bits per heavy atom. The number of benzene rings is 2. The number of hydrogen-bond acceptors (Lipinski definition) is 5. The molecule has 1 aromatic heterocycles. The minimum atomic E-state index is -0.517. The van der Waals surface area contributed by atoms with Crippen LogP contribution in [0.3, 0.4) is 0 Å². The number of aromatic nitrogens is 4. The fraction of sp³-hybridized carbons (Fsp3) is 0.125. The Morgan fingerprint density at radius 3 is 2.83 bits per heavy atom. The Balaban J connectivity index is 1.76. The van der Waals surface area contributed by atoms with Crippen molar-refractivity contribution >= 4 is 17.5 Å². The van der Waals surface area contributed by atoms with E-state index in [-0.39, 0.29) is 17.1 Å². The number of aryl methyl sites for hydroxylation is 1. The van der Waals surface area contributed by atoms with Gasteiger partial charge in [0, 0.05) is 0 Å². The SMILES string of the molecule is Cc1cccc(-n2nnnc2SCC(=O)c2ccccc2F)c1. The molecule has 0 unspecified atom stereocenters. The maximum absolute atomic E-state index is 13.6. The molecule has 0 aliphatic carbocycles. The highest BCUT2D eigenvalue weighted by molar-refractivity contribution is 7.99. The van der Waals surface area contributed by atoms with E-state index in [2.05, 4.69) is 15.5 Å². The van der Waals surface area contributed by atoms with Crippen LogP contribution in [-0.4, -0.2) is 31.7 Å². The molecule has 1 heterocycles. The summed E-state index contributed by atoms with van der Waals surface area (Å²) in [5.74, 6) is -0.754. The van der Waals surface area contributed by atoms with Gasteiger partial charge in [-0.1, -0.05) is 36.0 Å². The van der Waals surface area contributed by atoms with E-state index in [9.17, 15) is 9.18 Å². The Kier molecular flexibility index (Phi) is 4.47. The second-order valence-electron chi connectivity index (χ2n) is 4.90. The van der Waals surface area contributed by atoms with Gasteiger partial charge < -0.3 is 0 Å². The van der Waals surface area contributed by atoms with E-state index in [1.165, 1.54) is 23.9 Å². The van der Waals surface area contributed by atoms with Crippen molar-refractivity contribution in [1.29, 1.82) is 0 Å². The highest BCUT2D eigenvalue weighted by Crippen LogP contribution is 2.20. The Hall–Kier alpha value is -2.54. The van der Waals surface area contributed by atoms with E-state index in [1.54, 1.807) is 16.8 Å². The topological polar surface area (TPSA) is 60.7 Å². The second kappa shape index (κ2) is 6.70. The van der Waals surface area contributed by atoms with E-state index in [0.29, 0.717) is 5.16 Å². The monoisotopic (exact) mass is 328 g/mol. The summed E-state index contributed by atoms with van der Waals surface area (Å²) in [7, 11) is 0. The van der Waals surface area contributed by atoms with Gasteiger partial charge in [0.2, 0.25) is 5.16 Å². The van der Waals surface area contributed by atoms with Gasteiger partial charge in [-0.05, 0) is 47.2 Å². The zero-order valence-corrected chi connectivity index (χ0v) is 13.1. The maximum Gasteiger partial charge on any atom is 0.214 e. The van der Waals surface area contributed by atoms with E-state index in [4.69, 9.17) is 0 Å². The van der Waals surface area contributed by atoms with Crippen molar-refractivity contribution in [2.45, 2.75) is 12.1 Å². The Labute approximate surface area is 136 Å². The first kappa shape index (κ1) is 15.4. The van der Waals surface area contributed by atoms with Crippen LogP contribution in [0.25, 0.3) is 5.69 Å². The fourth-order valence-corrected chi connectivity index (χ4v) is 2.86. The summed E-state index contributed by atoms with van der Waals surface area (Å²) in [6, 6.07) is 13.6. The summed E-state index contributed by atoms with van der Waals surface area (Å²) >= 11 is 1.18. The molecule has 0 bridgehead atoms. The third-order valence-corrected chi connectivity index (χ3v) is 4.11. The zero-order chi connectivity index (χ0) is 16.2. The number of carbonyl (C=O) groups is 1. The molecule has 0 atom stereocenters. The molecular formula is C16H13FN4OS. The molecule has 0 spiro atoms. The van der Waals surface area contributed by atoms with Gasteiger partial charge >= 0.3 is 0 Å². The van der Waals surface area contributed by atoms with Crippen molar-refractivity contribution in [2.24, 2.45) is 0 Å². The minimum absolute atomic E-state index is 0.0626. The first-order valence-electron chi connectivity index (χ1n) is 6.91. The molecule has 0 saturated heterocycles. The molecule has 0 radical (unpaired) electrons. The lowest BCUT2D eigenvalue weighted by atomic mass is 10.1. The van der Waals surface area contributed by atoms with E-state index in [1.807, 2.05) is 31.2 Å². The lowest BCUT2D eigenvalue weighted by Crippen LogP contribution is -2.07. The molecule has 0 N–H and O–H groups in total. The van der Waals surface area contributed by atoms with Crippen LogP contribution in [0, 0.1) is 12.7 Å².